The molecule has 0 unspecified atom stereocenters. The van der Waals surface area contributed by atoms with Crippen molar-refractivity contribution in [2.24, 2.45) is 0 Å². The molecule has 66 valence electrons. The molecule has 0 N–H and O–H groups in total. The minimum atomic E-state index is 0.343. The molecule has 0 saturated carbocycles. The van der Waals surface area contributed by atoms with Gasteiger partial charge >= 0.3 is 0 Å². The number of rotatable bonds is 1. The Balaban J connectivity index is 2.46. The van der Waals surface area contributed by atoms with Crippen molar-refractivity contribution in [3.8, 4) is 11.3 Å². The molecule has 0 saturated heterocycles. The average molecular weight is 214 g/mol. The monoisotopic (exact) mass is 213 g/mol. The third-order valence-corrected chi connectivity index (χ3v) is 2.00. The predicted octanol–water partition coefficient (Wildman–Crippen LogP) is 3.65. The van der Waals surface area contributed by atoms with Gasteiger partial charge in [-0.05, 0) is 12.1 Å². The first kappa shape index (κ1) is 8.60. The summed E-state index contributed by atoms with van der Waals surface area (Å²) in [5.74, 6) is 0.618. The Labute approximate surface area is 85.1 Å². The average Bonchev–Trinajstić information content (AvgIpc) is 2.52. The van der Waals surface area contributed by atoms with Gasteiger partial charge < -0.3 is 4.52 Å². The number of nitrogens with zero attached hydrogens (tertiary/aromatic N) is 1. The van der Waals surface area contributed by atoms with E-state index < -0.39 is 0 Å². The minimum Gasteiger partial charge on any atom is -0.355 e. The van der Waals surface area contributed by atoms with Gasteiger partial charge in [-0.15, -0.1) is 0 Å². The first-order chi connectivity index (χ1) is 6.25. The molecule has 0 aliphatic carbocycles. The Hall–Kier alpha value is -0.990. The third-order valence-electron chi connectivity index (χ3n) is 1.59. The maximum atomic E-state index is 5.81. The number of hydrogen-bond donors (Lipinski definition) is 0. The minimum absolute atomic E-state index is 0.343. The fourth-order valence-corrected chi connectivity index (χ4v) is 1.36. The molecule has 0 radical (unpaired) electrons. The van der Waals surface area contributed by atoms with E-state index in [1.54, 1.807) is 18.2 Å². The van der Waals surface area contributed by atoms with Gasteiger partial charge in [0, 0.05) is 16.7 Å². The fraction of sp³-hybridized carbons (Fsp3) is 0. The molecule has 0 aliphatic rings. The van der Waals surface area contributed by atoms with Crippen LogP contribution >= 0.6 is 23.2 Å². The molecule has 0 aliphatic heterocycles. The zero-order valence-corrected chi connectivity index (χ0v) is 8.01. The van der Waals surface area contributed by atoms with E-state index in [0.717, 1.165) is 5.56 Å². The Morgan fingerprint density at radius 3 is 2.62 bits per heavy atom. The normalized spacial score (nSPS) is 10.3. The lowest BCUT2D eigenvalue weighted by Gasteiger charge is -1.94. The Morgan fingerprint density at radius 1 is 1.15 bits per heavy atom. The summed E-state index contributed by atoms with van der Waals surface area (Å²) in [6, 6.07) is 8.95. The first-order valence-corrected chi connectivity index (χ1v) is 4.39. The summed E-state index contributed by atoms with van der Waals surface area (Å²) in [7, 11) is 0. The molecule has 0 spiro atoms. The van der Waals surface area contributed by atoms with Crippen molar-refractivity contribution in [3.63, 3.8) is 0 Å². The summed E-state index contributed by atoms with van der Waals surface area (Å²) in [6.45, 7) is 0. The molecule has 2 rings (SSSR count). The summed E-state index contributed by atoms with van der Waals surface area (Å²) >= 11 is 11.4. The Kier molecular flexibility index (Phi) is 2.25. The lowest BCUT2D eigenvalue weighted by atomic mass is 10.2. The van der Waals surface area contributed by atoms with Crippen LogP contribution in [0.2, 0.25) is 10.2 Å². The zero-order chi connectivity index (χ0) is 9.26. The lowest BCUT2D eigenvalue weighted by molar-refractivity contribution is 0.432. The van der Waals surface area contributed by atoms with Gasteiger partial charge in [-0.3, -0.25) is 0 Å². The second-order valence-electron chi connectivity index (χ2n) is 2.52. The molecular formula is C9H5Cl2NO. The van der Waals surface area contributed by atoms with Gasteiger partial charge in [0.25, 0.3) is 0 Å². The van der Waals surface area contributed by atoms with Gasteiger partial charge in [0.05, 0.1) is 0 Å². The van der Waals surface area contributed by atoms with E-state index in [1.165, 1.54) is 0 Å². The van der Waals surface area contributed by atoms with Crippen molar-refractivity contribution in [3.05, 3.63) is 40.5 Å². The van der Waals surface area contributed by atoms with Crippen LogP contribution in [0.1, 0.15) is 0 Å². The molecule has 0 amide bonds. The van der Waals surface area contributed by atoms with Crippen LogP contribution in [-0.4, -0.2) is 5.16 Å². The molecule has 4 heteroatoms. The zero-order valence-electron chi connectivity index (χ0n) is 6.50. The van der Waals surface area contributed by atoms with E-state index in [4.69, 9.17) is 27.7 Å². The van der Waals surface area contributed by atoms with Crippen molar-refractivity contribution >= 4 is 23.2 Å². The van der Waals surface area contributed by atoms with Gasteiger partial charge in [0.1, 0.15) is 0 Å². The van der Waals surface area contributed by atoms with Crippen LogP contribution in [0.25, 0.3) is 11.3 Å². The Morgan fingerprint density at radius 2 is 2.00 bits per heavy atom. The second-order valence-corrected chi connectivity index (χ2v) is 3.35. The third kappa shape index (κ3) is 1.85. The van der Waals surface area contributed by atoms with Crippen LogP contribution in [0.15, 0.2) is 34.9 Å². The van der Waals surface area contributed by atoms with E-state index in [1.807, 2.05) is 12.1 Å². The SMILES string of the molecule is Clc1cccc(-c2cc(Cl)no2)c1. The van der Waals surface area contributed by atoms with Crippen molar-refractivity contribution in [2.75, 3.05) is 0 Å². The maximum absolute atomic E-state index is 5.81. The summed E-state index contributed by atoms with van der Waals surface area (Å²) in [5, 5.41) is 4.57. The van der Waals surface area contributed by atoms with Crippen LogP contribution in [0, 0.1) is 0 Å². The van der Waals surface area contributed by atoms with Crippen molar-refractivity contribution in [2.45, 2.75) is 0 Å². The van der Waals surface area contributed by atoms with E-state index in [2.05, 4.69) is 5.16 Å². The second kappa shape index (κ2) is 3.40. The highest BCUT2D eigenvalue weighted by Gasteiger charge is 2.04. The highest BCUT2D eigenvalue weighted by molar-refractivity contribution is 6.31. The highest BCUT2D eigenvalue weighted by atomic mass is 35.5. The summed E-state index contributed by atoms with van der Waals surface area (Å²) in [4.78, 5) is 0. The molecule has 1 aromatic carbocycles. The van der Waals surface area contributed by atoms with Crippen LogP contribution in [0.3, 0.4) is 0 Å². The van der Waals surface area contributed by atoms with Crippen LogP contribution in [0.4, 0.5) is 0 Å². The number of aromatic nitrogens is 1. The lowest BCUT2D eigenvalue weighted by Crippen LogP contribution is -1.72. The summed E-state index contributed by atoms with van der Waals surface area (Å²) in [6.07, 6.45) is 0. The summed E-state index contributed by atoms with van der Waals surface area (Å²) < 4.78 is 4.96. The molecule has 0 fully saturated rings. The quantitative estimate of drug-likeness (QED) is 0.723. The molecule has 1 heterocycles. The van der Waals surface area contributed by atoms with Crippen LogP contribution < -0.4 is 0 Å². The molecule has 1 aromatic heterocycles. The van der Waals surface area contributed by atoms with Crippen LogP contribution in [-0.2, 0) is 0 Å². The number of benzene rings is 1. The maximum Gasteiger partial charge on any atom is 0.172 e. The largest absolute Gasteiger partial charge is 0.355 e. The highest BCUT2D eigenvalue weighted by Crippen LogP contribution is 2.24. The predicted molar refractivity (Wildman–Crippen MR) is 52.0 cm³/mol. The standard InChI is InChI=1S/C9H5Cl2NO/c10-7-3-1-2-6(4-7)8-5-9(11)12-13-8/h1-5H. The van der Waals surface area contributed by atoms with Crippen LogP contribution in [0.5, 0.6) is 0 Å². The molecule has 2 aromatic rings. The smallest absolute Gasteiger partial charge is 0.172 e. The number of hydrogen-bond acceptors (Lipinski definition) is 2. The van der Waals surface area contributed by atoms with Gasteiger partial charge in [0.15, 0.2) is 10.9 Å². The van der Waals surface area contributed by atoms with E-state index in [9.17, 15) is 0 Å². The van der Waals surface area contributed by atoms with Crippen molar-refractivity contribution < 1.29 is 4.52 Å². The molecule has 0 atom stereocenters. The van der Waals surface area contributed by atoms with E-state index >= 15 is 0 Å². The van der Waals surface area contributed by atoms with Gasteiger partial charge in [0.2, 0.25) is 0 Å². The van der Waals surface area contributed by atoms with Crippen molar-refractivity contribution in [1.82, 2.24) is 5.16 Å². The first-order valence-electron chi connectivity index (χ1n) is 3.64. The Bertz CT molecular complexity index is 425. The molecule has 2 nitrogen and oxygen atoms in total. The van der Waals surface area contributed by atoms with Gasteiger partial charge in [-0.1, -0.05) is 40.5 Å². The fourth-order valence-electron chi connectivity index (χ4n) is 1.03. The topological polar surface area (TPSA) is 26.0 Å². The van der Waals surface area contributed by atoms with Gasteiger partial charge in [-0.25, -0.2) is 0 Å². The number of halogens is 2. The van der Waals surface area contributed by atoms with Crippen molar-refractivity contribution in [1.29, 1.82) is 0 Å². The van der Waals surface area contributed by atoms with Gasteiger partial charge in [-0.2, -0.15) is 0 Å². The van der Waals surface area contributed by atoms with E-state index in [0.29, 0.717) is 15.9 Å². The molecule has 0 bridgehead atoms. The van der Waals surface area contributed by atoms with E-state index in [-0.39, 0.29) is 0 Å². The molecule has 13 heavy (non-hydrogen) atoms. The molecular weight excluding hydrogens is 209 g/mol. The summed E-state index contributed by atoms with van der Waals surface area (Å²) in [5.41, 5.74) is 0.868.